The van der Waals surface area contributed by atoms with E-state index in [2.05, 4.69) is 6.07 Å². The van der Waals surface area contributed by atoms with Crippen molar-refractivity contribution in [3.63, 3.8) is 0 Å². The lowest BCUT2D eigenvalue weighted by Crippen LogP contribution is -2.31. The first-order valence-corrected chi connectivity index (χ1v) is 13.2. The van der Waals surface area contributed by atoms with Crippen molar-refractivity contribution in [2.75, 3.05) is 0 Å². The maximum Gasteiger partial charge on any atom is 0.303 e. The van der Waals surface area contributed by atoms with Gasteiger partial charge in [0, 0.05) is 24.8 Å². The molecule has 0 aliphatic carbocycles. The molecular weight excluding hydrogens is 476 g/mol. The highest BCUT2D eigenvalue weighted by Crippen LogP contribution is 2.40. The van der Waals surface area contributed by atoms with E-state index in [0.29, 0.717) is 30.6 Å². The fourth-order valence-corrected chi connectivity index (χ4v) is 4.91. The highest BCUT2D eigenvalue weighted by molar-refractivity contribution is 5.66. The van der Waals surface area contributed by atoms with Gasteiger partial charge in [0.15, 0.2) is 11.5 Å². The Balaban J connectivity index is 1.72. The van der Waals surface area contributed by atoms with E-state index >= 15 is 0 Å². The molecule has 0 amide bonds. The fourth-order valence-electron chi connectivity index (χ4n) is 4.91. The van der Waals surface area contributed by atoms with Crippen molar-refractivity contribution in [1.82, 2.24) is 0 Å². The van der Waals surface area contributed by atoms with Crippen LogP contribution in [-0.2, 0) is 28.9 Å². The van der Waals surface area contributed by atoms with Crippen LogP contribution in [0.4, 0.5) is 0 Å². The van der Waals surface area contributed by atoms with Crippen LogP contribution in [0.25, 0.3) is 0 Å². The molecule has 0 spiro atoms. The minimum Gasteiger partial charge on any atom is -0.504 e. The summed E-state index contributed by atoms with van der Waals surface area (Å²) in [4.78, 5) is 21.4. The van der Waals surface area contributed by atoms with Crippen LogP contribution in [0.2, 0.25) is 0 Å². The zero-order valence-electron chi connectivity index (χ0n) is 21.2. The average Bonchev–Trinajstić information content (AvgIpc) is 2.84. The molecule has 37 heavy (non-hydrogen) atoms. The predicted octanol–water partition coefficient (Wildman–Crippen LogP) is 5.29. The Morgan fingerprint density at radius 1 is 0.784 bits per heavy atom. The Morgan fingerprint density at radius 3 is 2.03 bits per heavy atom. The summed E-state index contributed by atoms with van der Waals surface area (Å²) >= 11 is 0. The third-order valence-electron chi connectivity index (χ3n) is 6.90. The number of aliphatic carboxylic acids is 2. The first kappa shape index (κ1) is 28.3. The van der Waals surface area contributed by atoms with Gasteiger partial charge in [0.1, 0.15) is 11.9 Å². The minimum absolute atomic E-state index is 0.186. The van der Waals surface area contributed by atoms with Crippen molar-refractivity contribution in [3.05, 3.63) is 52.6 Å². The van der Waals surface area contributed by atoms with E-state index < -0.39 is 24.1 Å². The van der Waals surface area contributed by atoms with E-state index in [1.165, 1.54) is 12.1 Å². The number of phenolic OH excluding ortho intramolecular Hbond substituents is 2. The number of aliphatic hydroxyl groups is 1. The monoisotopic (exact) mass is 514 g/mol. The predicted molar refractivity (Wildman–Crippen MR) is 138 cm³/mol. The summed E-state index contributed by atoms with van der Waals surface area (Å²) in [5.74, 6) is -1.32. The van der Waals surface area contributed by atoms with Gasteiger partial charge in [0.25, 0.3) is 0 Å². The van der Waals surface area contributed by atoms with Gasteiger partial charge < -0.3 is 30.3 Å². The van der Waals surface area contributed by atoms with E-state index in [-0.39, 0.29) is 24.3 Å². The number of carbonyl (C=O) groups is 2. The zero-order valence-corrected chi connectivity index (χ0v) is 21.2. The van der Waals surface area contributed by atoms with Gasteiger partial charge in [0.05, 0.1) is 6.10 Å². The number of carboxylic acid groups (broad SMARTS) is 2. The molecule has 8 heteroatoms. The molecule has 0 saturated carbocycles. The van der Waals surface area contributed by atoms with Crippen molar-refractivity contribution < 1.29 is 39.9 Å². The number of rotatable bonds is 15. The zero-order chi connectivity index (χ0) is 26.8. The van der Waals surface area contributed by atoms with Gasteiger partial charge in [-0.15, -0.1) is 0 Å². The lowest BCUT2D eigenvalue weighted by molar-refractivity contribution is -0.138. The van der Waals surface area contributed by atoms with Crippen LogP contribution >= 0.6 is 0 Å². The number of aryl methyl sites for hydroxylation is 2. The quantitative estimate of drug-likeness (QED) is 0.159. The topological polar surface area (TPSA) is 145 Å². The van der Waals surface area contributed by atoms with Gasteiger partial charge in [-0.3, -0.25) is 9.59 Å². The molecule has 3 rings (SSSR count). The van der Waals surface area contributed by atoms with E-state index in [1.807, 2.05) is 6.07 Å². The standard InChI is InChI=1S/C29H38O8/c30-23-14-13-21(17-24(23)31)29-25(32)18-22-20(10-6-2-4-8-12-28(35)36)15-19(16-26(22)37-29)9-5-1-3-7-11-27(33)34/h13-17,25,29-32H,1-12,18H2,(H,33,34)(H,35,36)/t25-,29-/m0/s1. The molecule has 0 aromatic heterocycles. The number of fused-ring (bicyclic) bond motifs is 1. The molecule has 0 unspecified atom stereocenters. The SMILES string of the molecule is O=C(O)CCCCCCc1cc(CCCCCCC(=O)O)c2c(c1)O[C@@H](c1ccc(O)c(O)c1)[C@@H](O)C2. The van der Waals surface area contributed by atoms with E-state index in [4.69, 9.17) is 14.9 Å². The molecule has 5 N–H and O–H groups in total. The van der Waals surface area contributed by atoms with Crippen molar-refractivity contribution in [2.45, 2.75) is 95.7 Å². The van der Waals surface area contributed by atoms with Gasteiger partial charge in [0.2, 0.25) is 0 Å². The van der Waals surface area contributed by atoms with E-state index in [0.717, 1.165) is 68.1 Å². The number of benzene rings is 2. The molecule has 0 bridgehead atoms. The number of carboxylic acids is 2. The molecular formula is C29H38O8. The van der Waals surface area contributed by atoms with Gasteiger partial charge in [-0.2, -0.15) is 0 Å². The number of ether oxygens (including phenoxy) is 1. The molecule has 1 aliphatic heterocycles. The maximum atomic E-state index is 10.9. The summed E-state index contributed by atoms with van der Waals surface area (Å²) in [5.41, 5.74) is 3.81. The third kappa shape index (κ3) is 8.67. The molecule has 1 heterocycles. The smallest absolute Gasteiger partial charge is 0.303 e. The molecule has 2 aromatic carbocycles. The van der Waals surface area contributed by atoms with Gasteiger partial charge in [-0.05, 0) is 73.4 Å². The molecule has 202 valence electrons. The van der Waals surface area contributed by atoms with Gasteiger partial charge in [-0.25, -0.2) is 0 Å². The lowest BCUT2D eigenvalue weighted by atomic mass is 9.88. The largest absolute Gasteiger partial charge is 0.504 e. The molecule has 2 aromatic rings. The van der Waals surface area contributed by atoms with Gasteiger partial charge >= 0.3 is 11.9 Å². The summed E-state index contributed by atoms with van der Waals surface area (Å²) in [7, 11) is 0. The number of phenols is 2. The van der Waals surface area contributed by atoms with Crippen LogP contribution < -0.4 is 4.74 Å². The van der Waals surface area contributed by atoms with Crippen LogP contribution in [0.1, 0.15) is 92.6 Å². The molecule has 0 fully saturated rings. The highest BCUT2D eigenvalue weighted by Gasteiger charge is 2.32. The lowest BCUT2D eigenvalue weighted by Gasteiger charge is -2.33. The summed E-state index contributed by atoms with van der Waals surface area (Å²) in [6.07, 6.45) is 7.73. The molecule has 0 radical (unpaired) electrons. The Hall–Kier alpha value is -3.26. The van der Waals surface area contributed by atoms with Crippen molar-refractivity contribution in [1.29, 1.82) is 0 Å². The van der Waals surface area contributed by atoms with Crippen LogP contribution in [0.3, 0.4) is 0 Å². The molecule has 1 aliphatic rings. The number of unbranched alkanes of at least 4 members (excludes halogenated alkanes) is 6. The molecule has 0 saturated heterocycles. The second-order valence-corrected chi connectivity index (χ2v) is 9.91. The summed E-state index contributed by atoms with van der Waals surface area (Å²) in [6, 6.07) is 8.62. The second-order valence-electron chi connectivity index (χ2n) is 9.91. The normalized spacial score (nSPS) is 16.7. The fraction of sp³-hybridized carbons (Fsp3) is 0.517. The number of hydrogen-bond donors (Lipinski definition) is 5. The van der Waals surface area contributed by atoms with Crippen LogP contribution in [0.15, 0.2) is 30.3 Å². The number of aliphatic hydroxyl groups excluding tert-OH is 1. The first-order chi connectivity index (χ1) is 17.7. The third-order valence-corrected chi connectivity index (χ3v) is 6.90. The number of hydrogen-bond acceptors (Lipinski definition) is 6. The Morgan fingerprint density at radius 2 is 1.41 bits per heavy atom. The minimum atomic E-state index is -0.814. The summed E-state index contributed by atoms with van der Waals surface area (Å²) < 4.78 is 6.28. The van der Waals surface area contributed by atoms with Crippen LogP contribution in [-0.4, -0.2) is 43.6 Å². The van der Waals surface area contributed by atoms with Crippen molar-refractivity contribution in [3.8, 4) is 17.2 Å². The van der Waals surface area contributed by atoms with Crippen molar-refractivity contribution >= 4 is 11.9 Å². The van der Waals surface area contributed by atoms with Crippen molar-refractivity contribution in [2.24, 2.45) is 0 Å². The summed E-state index contributed by atoms with van der Waals surface area (Å²) in [5, 5.41) is 48.1. The molecule has 2 atom stereocenters. The molecule has 8 nitrogen and oxygen atoms in total. The first-order valence-electron chi connectivity index (χ1n) is 13.2. The highest BCUT2D eigenvalue weighted by atomic mass is 16.5. The Bertz CT molecular complexity index is 1060. The van der Waals surface area contributed by atoms with E-state index in [1.54, 1.807) is 6.07 Å². The van der Waals surface area contributed by atoms with E-state index in [9.17, 15) is 24.9 Å². The average molecular weight is 515 g/mol. The van der Waals surface area contributed by atoms with Crippen LogP contribution in [0.5, 0.6) is 17.2 Å². The van der Waals surface area contributed by atoms with Gasteiger partial charge in [-0.1, -0.05) is 37.8 Å². The second kappa shape index (κ2) is 13.9. The summed E-state index contributed by atoms with van der Waals surface area (Å²) in [6.45, 7) is 0. The number of aromatic hydroxyl groups is 2. The maximum absolute atomic E-state index is 10.9. The Kier molecular flexibility index (Phi) is 10.6. The Labute approximate surface area is 217 Å². The van der Waals surface area contributed by atoms with Crippen LogP contribution in [0, 0.1) is 0 Å².